The predicted octanol–water partition coefficient (Wildman–Crippen LogP) is 1.88. The molecule has 0 unspecified atom stereocenters. The number of hydrogen-bond acceptors (Lipinski definition) is 5. The zero-order chi connectivity index (χ0) is 16.2. The van der Waals surface area contributed by atoms with Crippen LogP contribution in [0.3, 0.4) is 0 Å². The van der Waals surface area contributed by atoms with Gasteiger partial charge in [-0.1, -0.05) is 17.3 Å². The maximum Gasteiger partial charge on any atom is 0.228 e. The molecule has 2 aromatic rings. The van der Waals surface area contributed by atoms with Crippen LogP contribution in [0.15, 0.2) is 34.9 Å². The fraction of sp³-hybridized carbons (Fsp3) is 0.412. The maximum absolute atomic E-state index is 12.3. The van der Waals surface area contributed by atoms with Gasteiger partial charge in [-0.2, -0.15) is 0 Å². The number of aryl methyl sites for hydroxylation is 1. The van der Waals surface area contributed by atoms with Crippen LogP contribution in [0, 0.1) is 6.92 Å². The van der Waals surface area contributed by atoms with Crippen molar-refractivity contribution < 1.29 is 14.1 Å². The minimum Gasteiger partial charge on any atom is -0.495 e. The molecule has 1 aromatic heterocycles. The average molecular weight is 315 g/mol. The van der Waals surface area contributed by atoms with Crippen LogP contribution >= 0.6 is 0 Å². The van der Waals surface area contributed by atoms with Crippen LogP contribution in [0.4, 0.5) is 5.69 Å². The Morgan fingerprint density at radius 2 is 2.00 bits per heavy atom. The van der Waals surface area contributed by atoms with Crippen molar-refractivity contribution in [3.8, 4) is 5.75 Å². The molecule has 0 spiro atoms. The highest BCUT2D eigenvalue weighted by Gasteiger charge is 2.23. The number of benzene rings is 1. The van der Waals surface area contributed by atoms with E-state index in [9.17, 15) is 4.79 Å². The number of carbonyl (C=O) groups is 1. The number of ether oxygens (including phenoxy) is 1. The van der Waals surface area contributed by atoms with Crippen molar-refractivity contribution in [2.45, 2.75) is 13.3 Å². The van der Waals surface area contributed by atoms with Crippen molar-refractivity contribution >= 4 is 11.6 Å². The van der Waals surface area contributed by atoms with Crippen LogP contribution in [-0.2, 0) is 11.2 Å². The van der Waals surface area contributed by atoms with Crippen LogP contribution in [0.25, 0.3) is 0 Å². The Morgan fingerprint density at radius 1 is 1.26 bits per heavy atom. The van der Waals surface area contributed by atoms with E-state index in [2.05, 4.69) is 16.1 Å². The molecule has 23 heavy (non-hydrogen) atoms. The Labute approximate surface area is 135 Å². The van der Waals surface area contributed by atoms with Gasteiger partial charge in [-0.3, -0.25) is 4.79 Å². The molecule has 0 saturated carbocycles. The number of hydrogen-bond donors (Lipinski definition) is 0. The van der Waals surface area contributed by atoms with Gasteiger partial charge in [-0.15, -0.1) is 0 Å². The molecule has 0 radical (unpaired) electrons. The fourth-order valence-electron chi connectivity index (χ4n) is 2.86. The molecular formula is C17H21N3O3. The van der Waals surface area contributed by atoms with Crippen molar-refractivity contribution in [1.29, 1.82) is 0 Å². The first-order chi connectivity index (χ1) is 11.2. The predicted molar refractivity (Wildman–Crippen MR) is 86.7 cm³/mol. The molecule has 1 aromatic carbocycles. The Balaban J connectivity index is 1.58. The third kappa shape index (κ3) is 3.47. The smallest absolute Gasteiger partial charge is 0.228 e. The Bertz CT molecular complexity index is 675. The van der Waals surface area contributed by atoms with Gasteiger partial charge in [0.1, 0.15) is 11.5 Å². The van der Waals surface area contributed by atoms with E-state index < -0.39 is 0 Å². The summed E-state index contributed by atoms with van der Waals surface area (Å²) in [5.74, 6) is 1.69. The molecule has 3 rings (SSSR count). The minimum absolute atomic E-state index is 0.0953. The lowest BCUT2D eigenvalue weighted by Gasteiger charge is -2.36. The summed E-state index contributed by atoms with van der Waals surface area (Å²) in [6.45, 7) is 4.82. The number of para-hydroxylation sites is 2. The summed E-state index contributed by atoms with van der Waals surface area (Å²) < 4.78 is 10.4. The molecule has 1 aliphatic heterocycles. The summed E-state index contributed by atoms with van der Waals surface area (Å²) in [5.41, 5.74) is 1.77. The molecule has 0 N–H and O–H groups in total. The van der Waals surface area contributed by atoms with Crippen molar-refractivity contribution in [2.24, 2.45) is 0 Å². The average Bonchev–Trinajstić information content (AvgIpc) is 3.00. The number of aromatic nitrogens is 1. The van der Waals surface area contributed by atoms with Crippen LogP contribution in [0.1, 0.15) is 11.5 Å². The van der Waals surface area contributed by atoms with E-state index in [1.807, 2.05) is 36.1 Å². The Kier molecular flexibility index (Phi) is 4.50. The third-order valence-corrected chi connectivity index (χ3v) is 4.07. The lowest BCUT2D eigenvalue weighted by atomic mass is 10.2. The number of rotatable bonds is 4. The number of carbonyl (C=O) groups excluding carboxylic acids is 1. The summed E-state index contributed by atoms with van der Waals surface area (Å²) in [5, 5.41) is 3.89. The molecule has 6 heteroatoms. The molecule has 0 aliphatic carbocycles. The monoisotopic (exact) mass is 315 g/mol. The molecule has 122 valence electrons. The first kappa shape index (κ1) is 15.4. The van der Waals surface area contributed by atoms with Crippen LogP contribution in [-0.4, -0.2) is 49.3 Å². The maximum atomic E-state index is 12.3. The molecular weight excluding hydrogens is 294 g/mol. The SMILES string of the molecule is COc1ccccc1N1CCN(C(=O)Cc2cc(C)on2)CC1. The van der Waals surface area contributed by atoms with Crippen LogP contribution < -0.4 is 9.64 Å². The Hall–Kier alpha value is -2.50. The first-order valence-electron chi connectivity index (χ1n) is 7.75. The second-order valence-electron chi connectivity index (χ2n) is 5.65. The van der Waals surface area contributed by atoms with Gasteiger partial charge in [0.15, 0.2) is 0 Å². The molecule has 6 nitrogen and oxygen atoms in total. The van der Waals surface area contributed by atoms with Crippen molar-refractivity contribution in [1.82, 2.24) is 10.1 Å². The standard InChI is InChI=1S/C17H21N3O3/c1-13-11-14(18-23-13)12-17(21)20-9-7-19(8-10-20)15-5-3-4-6-16(15)22-2/h3-6,11H,7-10,12H2,1-2H3. The van der Waals surface area contributed by atoms with Gasteiger partial charge in [0, 0.05) is 32.2 Å². The molecule has 0 atom stereocenters. The first-order valence-corrected chi connectivity index (χ1v) is 7.75. The molecule has 0 bridgehead atoms. The summed E-state index contributed by atoms with van der Waals surface area (Å²) in [6.07, 6.45) is 0.298. The van der Waals surface area contributed by atoms with E-state index in [0.717, 1.165) is 30.3 Å². The van der Waals surface area contributed by atoms with Gasteiger partial charge < -0.3 is 19.1 Å². The third-order valence-electron chi connectivity index (χ3n) is 4.07. The number of anilines is 1. The number of amides is 1. The highest BCUT2D eigenvalue weighted by Crippen LogP contribution is 2.28. The van der Waals surface area contributed by atoms with Crippen LogP contribution in [0.5, 0.6) is 5.75 Å². The zero-order valence-electron chi connectivity index (χ0n) is 13.5. The quantitative estimate of drug-likeness (QED) is 0.862. The van der Waals surface area contributed by atoms with E-state index >= 15 is 0 Å². The topological polar surface area (TPSA) is 58.8 Å². The zero-order valence-corrected chi connectivity index (χ0v) is 13.5. The summed E-state index contributed by atoms with van der Waals surface area (Å²) >= 11 is 0. The number of methoxy groups -OCH3 is 1. The summed E-state index contributed by atoms with van der Waals surface area (Å²) in [7, 11) is 1.68. The highest BCUT2D eigenvalue weighted by molar-refractivity contribution is 5.78. The van der Waals surface area contributed by atoms with E-state index in [-0.39, 0.29) is 5.91 Å². The lowest BCUT2D eigenvalue weighted by Crippen LogP contribution is -2.49. The molecule has 1 fully saturated rings. The van der Waals surface area contributed by atoms with Crippen molar-refractivity contribution in [2.75, 3.05) is 38.2 Å². The summed E-state index contributed by atoms with van der Waals surface area (Å²) in [4.78, 5) is 16.5. The van der Waals surface area contributed by atoms with Gasteiger partial charge >= 0.3 is 0 Å². The van der Waals surface area contributed by atoms with Gasteiger partial charge in [0.25, 0.3) is 0 Å². The van der Waals surface area contributed by atoms with E-state index in [0.29, 0.717) is 25.2 Å². The molecule has 1 amide bonds. The largest absolute Gasteiger partial charge is 0.495 e. The highest BCUT2D eigenvalue weighted by atomic mass is 16.5. The fourth-order valence-corrected chi connectivity index (χ4v) is 2.86. The molecule has 1 aliphatic rings. The lowest BCUT2D eigenvalue weighted by molar-refractivity contribution is -0.130. The van der Waals surface area contributed by atoms with Gasteiger partial charge in [-0.05, 0) is 19.1 Å². The number of nitrogens with zero attached hydrogens (tertiary/aromatic N) is 3. The minimum atomic E-state index is 0.0953. The summed E-state index contributed by atoms with van der Waals surface area (Å²) in [6, 6.07) is 9.78. The molecule has 2 heterocycles. The normalized spacial score (nSPS) is 14.9. The van der Waals surface area contributed by atoms with Crippen molar-refractivity contribution in [3.05, 3.63) is 41.8 Å². The molecule has 1 saturated heterocycles. The second-order valence-corrected chi connectivity index (χ2v) is 5.65. The van der Waals surface area contributed by atoms with Gasteiger partial charge in [-0.25, -0.2) is 0 Å². The number of piperazine rings is 1. The second kappa shape index (κ2) is 6.73. The van der Waals surface area contributed by atoms with E-state index in [1.54, 1.807) is 7.11 Å². The van der Waals surface area contributed by atoms with Gasteiger partial charge in [0.2, 0.25) is 5.91 Å². The van der Waals surface area contributed by atoms with E-state index in [1.165, 1.54) is 0 Å². The van der Waals surface area contributed by atoms with Gasteiger partial charge in [0.05, 0.1) is 24.9 Å². The van der Waals surface area contributed by atoms with Crippen LogP contribution in [0.2, 0.25) is 0 Å². The Morgan fingerprint density at radius 3 is 2.65 bits per heavy atom. The van der Waals surface area contributed by atoms with Crippen molar-refractivity contribution in [3.63, 3.8) is 0 Å². The van der Waals surface area contributed by atoms with E-state index in [4.69, 9.17) is 9.26 Å².